The standard InChI is InChI=1S/C16H23N3O2/c1-10(2)15(20)8-16(21)17-13-5-6-14-12(7-13)9-19(18-14)11(3)4/h5-7,9-11,15,20H,8H2,1-4H3,(H,17,21). The molecule has 0 saturated heterocycles. The lowest BCUT2D eigenvalue weighted by Gasteiger charge is -2.13. The Morgan fingerprint density at radius 2 is 2.05 bits per heavy atom. The Kier molecular flexibility index (Phi) is 4.63. The number of nitrogens with one attached hydrogen (secondary N) is 1. The van der Waals surface area contributed by atoms with Gasteiger partial charge in [-0.25, -0.2) is 0 Å². The fourth-order valence-corrected chi connectivity index (χ4v) is 2.02. The zero-order valence-electron chi connectivity index (χ0n) is 13.0. The lowest BCUT2D eigenvalue weighted by molar-refractivity contribution is -0.118. The molecule has 2 rings (SSSR count). The van der Waals surface area contributed by atoms with Crippen molar-refractivity contribution in [2.45, 2.75) is 46.3 Å². The van der Waals surface area contributed by atoms with Gasteiger partial charge in [0.25, 0.3) is 0 Å². The first kappa shape index (κ1) is 15.5. The maximum atomic E-state index is 11.9. The number of fused-ring (bicyclic) bond motifs is 1. The van der Waals surface area contributed by atoms with Crippen molar-refractivity contribution in [2.24, 2.45) is 5.92 Å². The molecule has 0 aliphatic rings. The summed E-state index contributed by atoms with van der Waals surface area (Å²) in [4.78, 5) is 11.9. The van der Waals surface area contributed by atoms with Crippen LogP contribution >= 0.6 is 0 Å². The summed E-state index contributed by atoms with van der Waals surface area (Å²) in [6.07, 6.45) is 1.47. The lowest BCUT2D eigenvalue weighted by Crippen LogP contribution is -2.23. The zero-order valence-corrected chi connectivity index (χ0v) is 13.0. The van der Waals surface area contributed by atoms with Crippen LogP contribution < -0.4 is 5.32 Å². The highest BCUT2D eigenvalue weighted by atomic mass is 16.3. The number of aliphatic hydroxyl groups is 1. The minimum Gasteiger partial charge on any atom is -0.392 e. The Bertz CT molecular complexity index is 631. The molecule has 1 heterocycles. The fraction of sp³-hybridized carbons (Fsp3) is 0.500. The second kappa shape index (κ2) is 6.26. The molecule has 0 radical (unpaired) electrons. The molecule has 2 aromatic rings. The quantitative estimate of drug-likeness (QED) is 0.889. The number of hydrogen-bond donors (Lipinski definition) is 2. The highest BCUT2D eigenvalue weighted by molar-refractivity contribution is 5.93. The van der Waals surface area contributed by atoms with E-state index in [1.54, 1.807) is 0 Å². The summed E-state index contributed by atoms with van der Waals surface area (Å²) in [7, 11) is 0. The normalized spacial score (nSPS) is 13.1. The van der Waals surface area contributed by atoms with E-state index in [9.17, 15) is 9.90 Å². The third kappa shape index (κ3) is 3.82. The number of amides is 1. The molecule has 114 valence electrons. The molecule has 21 heavy (non-hydrogen) atoms. The molecule has 1 unspecified atom stereocenters. The van der Waals surface area contributed by atoms with Crippen LogP contribution in [0.15, 0.2) is 24.4 Å². The average Bonchev–Trinajstić information content (AvgIpc) is 2.81. The number of aromatic nitrogens is 2. The van der Waals surface area contributed by atoms with Gasteiger partial charge in [0.15, 0.2) is 0 Å². The second-order valence-electron chi connectivity index (χ2n) is 6.04. The van der Waals surface area contributed by atoms with E-state index in [-0.39, 0.29) is 18.2 Å². The molecular weight excluding hydrogens is 266 g/mol. The van der Waals surface area contributed by atoms with Gasteiger partial charge in [-0.05, 0) is 38.0 Å². The second-order valence-corrected chi connectivity index (χ2v) is 6.04. The molecular formula is C16H23N3O2. The van der Waals surface area contributed by atoms with E-state index >= 15 is 0 Å². The van der Waals surface area contributed by atoms with Gasteiger partial charge in [-0.15, -0.1) is 0 Å². The Morgan fingerprint density at radius 3 is 2.67 bits per heavy atom. The highest BCUT2D eigenvalue weighted by Crippen LogP contribution is 2.20. The van der Waals surface area contributed by atoms with Gasteiger partial charge in [-0.3, -0.25) is 9.48 Å². The Morgan fingerprint density at radius 1 is 1.33 bits per heavy atom. The predicted molar refractivity (Wildman–Crippen MR) is 84.2 cm³/mol. The molecule has 2 N–H and O–H groups in total. The molecule has 0 spiro atoms. The summed E-state index contributed by atoms with van der Waals surface area (Å²) in [5, 5.41) is 18.0. The third-order valence-electron chi connectivity index (χ3n) is 3.50. The molecule has 1 amide bonds. The minimum absolute atomic E-state index is 0.0718. The van der Waals surface area contributed by atoms with E-state index in [4.69, 9.17) is 0 Å². The molecule has 0 saturated carbocycles. The summed E-state index contributed by atoms with van der Waals surface area (Å²) in [5.41, 5.74) is 1.63. The number of hydrogen-bond acceptors (Lipinski definition) is 3. The monoisotopic (exact) mass is 289 g/mol. The Labute approximate surface area is 125 Å². The molecule has 0 aliphatic carbocycles. The van der Waals surface area contributed by atoms with Gasteiger partial charge in [0.2, 0.25) is 5.91 Å². The number of nitrogens with zero attached hydrogens (tertiary/aromatic N) is 2. The van der Waals surface area contributed by atoms with Gasteiger partial charge in [0, 0.05) is 23.3 Å². The zero-order chi connectivity index (χ0) is 15.6. The summed E-state index contributed by atoms with van der Waals surface area (Å²) < 4.78 is 1.90. The Balaban J connectivity index is 2.10. The van der Waals surface area contributed by atoms with Crippen LogP contribution in [0, 0.1) is 5.92 Å². The SMILES string of the molecule is CC(C)C(O)CC(=O)Nc1ccc2nn(C(C)C)cc2c1. The van der Waals surface area contributed by atoms with Gasteiger partial charge < -0.3 is 10.4 Å². The van der Waals surface area contributed by atoms with Crippen molar-refractivity contribution in [1.82, 2.24) is 9.78 Å². The Hall–Kier alpha value is -1.88. The van der Waals surface area contributed by atoms with Crippen LogP contribution in [0.4, 0.5) is 5.69 Å². The number of benzene rings is 1. The van der Waals surface area contributed by atoms with Gasteiger partial charge in [-0.2, -0.15) is 5.10 Å². The smallest absolute Gasteiger partial charge is 0.226 e. The van der Waals surface area contributed by atoms with E-state index in [2.05, 4.69) is 24.3 Å². The predicted octanol–water partition coefficient (Wildman–Crippen LogP) is 2.96. The highest BCUT2D eigenvalue weighted by Gasteiger charge is 2.14. The van der Waals surface area contributed by atoms with Crippen LogP contribution in [0.5, 0.6) is 0 Å². The van der Waals surface area contributed by atoms with Gasteiger partial charge >= 0.3 is 0 Å². The van der Waals surface area contributed by atoms with Crippen molar-refractivity contribution >= 4 is 22.5 Å². The summed E-state index contributed by atoms with van der Waals surface area (Å²) in [6, 6.07) is 5.93. The number of anilines is 1. The van der Waals surface area contributed by atoms with E-state index in [1.807, 2.05) is 42.9 Å². The molecule has 1 atom stereocenters. The number of carbonyl (C=O) groups is 1. The largest absolute Gasteiger partial charge is 0.392 e. The van der Waals surface area contributed by atoms with E-state index < -0.39 is 6.10 Å². The molecule has 1 aromatic heterocycles. The van der Waals surface area contributed by atoms with E-state index in [0.717, 1.165) is 16.6 Å². The molecule has 0 aliphatic heterocycles. The third-order valence-corrected chi connectivity index (χ3v) is 3.50. The van der Waals surface area contributed by atoms with Crippen LogP contribution in [-0.2, 0) is 4.79 Å². The van der Waals surface area contributed by atoms with Crippen LogP contribution in [0.3, 0.4) is 0 Å². The molecule has 0 fully saturated rings. The van der Waals surface area contributed by atoms with E-state index in [1.165, 1.54) is 0 Å². The first-order valence-corrected chi connectivity index (χ1v) is 7.33. The molecule has 0 bridgehead atoms. The van der Waals surface area contributed by atoms with Crippen LogP contribution in [0.25, 0.3) is 10.9 Å². The fourth-order valence-electron chi connectivity index (χ4n) is 2.02. The van der Waals surface area contributed by atoms with Gasteiger partial charge in [-0.1, -0.05) is 13.8 Å². The lowest BCUT2D eigenvalue weighted by atomic mass is 10.0. The molecule has 5 nitrogen and oxygen atoms in total. The van der Waals surface area contributed by atoms with Crippen molar-refractivity contribution in [1.29, 1.82) is 0 Å². The minimum atomic E-state index is -0.613. The van der Waals surface area contributed by atoms with Crippen molar-refractivity contribution in [3.05, 3.63) is 24.4 Å². The molecule has 5 heteroatoms. The van der Waals surface area contributed by atoms with Crippen molar-refractivity contribution < 1.29 is 9.90 Å². The van der Waals surface area contributed by atoms with Crippen LogP contribution in [-0.4, -0.2) is 26.9 Å². The van der Waals surface area contributed by atoms with Gasteiger partial charge in [0.05, 0.1) is 18.0 Å². The van der Waals surface area contributed by atoms with Crippen molar-refractivity contribution in [2.75, 3.05) is 5.32 Å². The summed E-state index contributed by atoms with van der Waals surface area (Å²) in [5.74, 6) is -0.102. The maximum absolute atomic E-state index is 11.9. The maximum Gasteiger partial charge on any atom is 0.226 e. The number of rotatable bonds is 5. The van der Waals surface area contributed by atoms with Crippen molar-refractivity contribution in [3.63, 3.8) is 0 Å². The van der Waals surface area contributed by atoms with Gasteiger partial charge in [0.1, 0.15) is 0 Å². The number of carbonyl (C=O) groups excluding carboxylic acids is 1. The van der Waals surface area contributed by atoms with Crippen molar-refractivity contribution in [3.8, 4) is 0 Å². The number of aliphatic hydroxyl groups excluding tert-OH is 1. The first-order valence-electron chi connectivity index (χ1n) is 7.33. The summed E-state index contributed by atoms with van der Waals surface area (Å²) >= 11 is 0. The first-order chi connectivity index (χ1) is 9.86. The average molecular weight is 289 g/mol. The topological polar surface area (TPSA) is 67.2 Å². The molecule has 1 aromatic carbocycles. The van der Waals surface area contributed by atoms with Crippen LogP contribution in [0.2, 0.25) is 0 Å². The summed E-state index contributed by atoms with van der Waals surface area (Å²) in [6.45, 7) is 7.93. The van der Waals surface area contributed by atoms with E-state index in [0.29, 0.717) is 6.04 Å². The van der Waals surface area contributed by atoms with Crippen LogP contribution in [0.1, 0.15) is 40.2 Å².